The molecule has 0 saturated carbocycles. The van der Waals surface area contributed by atoms with Crippen molar-refractivity contribution < 1.29 is 26.7 Å². The van der Waals surface area contributed by atoms with E-state index in [1.54, 1.807) is 25.1 Å². The van der Waals surface area contributed by atoms with E-state index in [9.17, 15) is 22.0 Å². The Bertz CT molecular complexity index is 912. The fourth-order valence-corrected chi connectivity index (χ4v) is 4.43. The maximum atomic E-state index is 12.7. The van der Waals surface area contributed by atoms with Crippen molar-refractivity contribution in [3.63, 3.8) is 0 Å². The zero-order valence-corrected chi connectivity index (χ0v) is 13.4. The lowest BCUT2D eigenvalue weighted by Gasteiger charge is -2.17. The molecule has 0 fully saturated rings. The third-order valence-corrected chi connectivity index (χ3v) is 5.65. The molecule has 1 aliphatic rings. The minimum Gasteiger partial charge on any atom is -0.434 e. The number of carbonyl (C=O) groups excluding carboxylic acids is 1. The Morgan fingerprint density at radius 3 is 2.50 bits per heavy atom. The lowest BCUT2D eigenvalue weighted by molar-refractivity contribution is -0.0505. The van der Waals surface area contributed by atoms with Gasteiger partial charge in [-0.3, -0.25) is 4.79 Å². The number of nitrogens with zero attached hydrogens (tertiary/aromatic N) is 1. The lowest BCUT2D eigenvalue weighted by Crippen LogP contribution is -2.29. The van der Waals surface area contributed by atoms with Crippen molar-refractivity contribution in [2.45, 2.75) is 25.0 Å². The van der Waals surface area contributed by atoms with Crippen LogP contribution in [-0.2, 0) is 16.6 Å². The van der Waals surface area contributed by atoms with Gasteiger partial charge in [-0.1, -0.05) is 30.3 Å². The van der Waals surface area contributed by atoms with Gasteiger partial charge in [-0.15, -0.1) is 0 Å². The predicted molar refractivity (Wildman–Crippen MR) is 81.3 cm³/mol. The Morgan fingerprint density at radius 1 is 1.12 bits per heavy atom. The minimum absolute atomic E-state index is 0.0396. The first-order valence-corrected chi connectivity index (χ1v) is 8.46. The summed E-state index contributed by atoms with van der Waals surface area (Å²) in [5, 5.41) is 0. The molecule has 24 heavy (non-hydrogen) atoms. The molecule has 2 aromatic carbocycles. The first kappa shape index (κ1) is 16.4. The van der Waals surface area contributed by atoms with Crippen LogP contribution in [0, 0.1) is 6.92 Å². The number of rotatable bonds is 4. The van der Waals surface area contributed by atoms with E-state index < -0.39 is 22.5 Å². The predicted octanol–water partition coefficient (Wildman–Crippen LogP) is 2.94. The maximum absolute atomic E-state index is 12.7. The normalized spacial score (nSPS) is 15.7. The molecule has 1 aliphatic heterocycles. The fraction of sp³-hybridized carbons (Fsp3) is 0.188. The van der Waals surface area contributed by atoms with Crippen LogP contribution in [0.25, 0.3) is 0 Å². The highest BCUT2D eigenvalue weighted by Gasteiger charge is 2.42. The number of hydrogen-bond acceptors (Lipinski definition) is 4. The number of halogens is 2. The molecule has 5 nitrogen and oxygen atoms in total. The molecule has 2 aromatic rings. The van der Waals surface area contributed by atoms with E-state index in [-0.39, 0.29) is 28.3 Å². The molecule has 0 spiro atoms. The number of ether oxygens (including phenoxy) is 1. The molecule has 3 rings (SSSR count). The maximum Gasteiger partial charge on any atom is 0.387 e. The van der Waals surface area contributed by atoms with Gasteiger partial charge in [0.05, 0.1) is 12.1 Å². The van der Waals surface area contributed by atoms with Crippen LogP contribution in [0.1, 0.15) is 21.5 Å². The molecule has 1 heterocycles. The van der Waals surface area contributed by atoms with E-state index in [0.717, 1.165) is 0 Å². The van der Waals surface area contributed by atoms with Crippen molar-refractivity contribution in [3.8, 4) is 5.75 Å². The van der Waals surface area contributed by atoms with Gasteiger partial charge in [-0.25, -0.2) is 12.7 Å². The third-order valence-electron chi connectivity index (χ3n) is 3.72. The molecule has 8 heteroatoms. The summed E-state index contributed by atoms with van der Waals surface area (Å²) in [7, 11) is -4.03. The van der Waals surface area contributed by atoms with E-state index in [0.29, 0.717) is 9.87 Å². The van der Waals surface area contributed by atoms with Gasteiger partial charge in [-0.05, 0) is 24.6 Å². The molecular weight excluding hydrogens is 340 g/mol. The summed E-state index contributed by atoms with van der Waals surface area (Å²) in [5.74, 6) is -0.844. The molecule has 126 valence electrons. The van der Waals surface area contributed by atoms with Crippen molar-refractivity contribution in [2.24, 2.45) is 0 Å². The van der Waals surface area contributed by atoms with Crippen LogP contribution >= 0.6 is 0 Å². The topological polar surface area (TPSA) is 63.7 Å². The monoisotopic (exact) mass is 353 g/mol. The zero-order valence-electron chi connectivity index (χ0n) is 12.6. The lowest BCUT2D eigenvalue weighted by atomic mass is 10.1. The molecular formula is C16H13F2NO4S. The smallest absolute Gasteiger partial charge is 0.387 e. The van der Waals surface area contributed by atoms with Crippen molar-refractivity contribution in [3.05, 3.63) is 59.2 Å². The largest absolute Gasteiger partial charge is 0.434 e. The first-order valence-electron chi connectivity index (χ1n) is 7.02. The van der Waals surface area contributed by atoms with Crippen LogP contribution in [0.15, 0.2) is 47.4 Å². The third kappa shape index (κ3) is 2.62. The van der Waals surface area contributed by atoms with E-state index in [2.05, 4.69) is 4.74 Å². The molecule has 1 amide bonds. The van der Waals surface area contributed by atoms with Crippen molar-refractivity contribution in [2.75, 3.05) is 0 Å². The fourth-order valence-electron chi connectivity index (χ4n) is 2.67. The number of hydrogen-bond donors (Lipinski definition) is 0. The summed E-state index contributed by atoms with van der Waals surface area (Å²) in [5.41, 5.74) is 0.725. The highest BCUT2D eigenvalue weighted by atomic mass is 32.2. The average molecular weight is 353 g/mol. The number of para-hydroxylation sites is 1. The Labute approximate surface area is 137 Å². The Hall–Kier alpha value is -2.48. The Morgan fingerprint density at radius 2 is 1.83 bits per heavy atom. The molecule has 0 aliphatic carbocycles. The van der Waals surface area contributed by atoms with E-state index >= 15 is 0 Å². The van der Waals surface area contributed by atoms with Gasteiger partial charge < -0.3 is 4.74 Å². The van der Waals surface area contributed by atoms with Gasteiger partial charge in [-0.2, -0.15) is 8.78 Å². The number of carbonyl (C=O) groups is 1. The van der Waals surface area contributed by atoms with Crippen LogP contribution < -0.4 is 4.74 Å². The van der Waals surface area contributed by atoms with Gasteiger partial charge in [0.1, 0.15) is 10.6 Å². The Kier molecular flexibility index (Phi) is 4.00. The molecule has 0 radical (unpaired) electrons. The first-order chi connectivity index (χ1) is 11.3. The van der Waals surface area contributed by atoms with Crippen molar-refractivity contribution in [1.29, 1.82) is 0 Å². The van der Waals surface area contributed by atoms with Crippen LogP contribution in [0.4, 0.5) is 8.78 Å². The van der Waals surface area contributed by atoms with Crippen LogP contribution in [0.2, 0.25) is 0 Å². The molecule has 0 aromatic heterocycles. The van der Waals surface area contributed by atoms with Crippen LogP contribution in [-0.4, -0.2) is 25.2 Å². The highest BCUT2D eigenvalue weighted by molar-refractivity contribution is 7.90. The van der Waals surface area contributed by atoms with Gasteiger partial charge in [0.15, 0.2) is 0 Å². The second-order valence-corrected chi connectivity index (χ2v) is 7.05. The Balaban J connectivity index is 2.02. The van der Waals surface area contributed by atoms with Gasteiger partial charge in [0, 0.05) is 5.56 Å². The molecule has 0 bridgehead atoms. The van der Waals surface area contributed by atoms with Gasteiger partial charge in [0.25, 0.3) is 15.9 Å². The SMILES string of the molecule is Cc1cccc2c1S(=O)(=O)N(Cc1ccccc1OC(F)F)C2=O. The van der Waals surface area contributed by atoms with Crippen LogP contribution in [0.3, 0.4) is 0 Å². The molecule has 0 unspecified atom stereocenters. The molecule has 0 saturated heterocycles. The number of amides is 1. The van der Waals surface area contributed by atoms with Crippen molar-refractivity contribution in [1.82, 2.24) is 4.31 Å². The number of aryl methyl sites for hydroxylation is 1. The molecule has 0 atom stereocenters. The van der Waals surface area contributed by atoms with Gasteiger partial charge in [0.2, 0.25) is 0 Å². The summed E-state index contributed by atoms with van der Waals surface area (Å²) in [6.07, 6.45) is 0. The van der Waals surface area contributed by atoms with E-state index in [1.807, 2.05) is 0 Å². The highest BCUT2D eigenvalue weighted by Crippen LogP contribution is 2.35. The number of benzene rings is 2. The van der Waals surface area contributed by atoms with E-state index in [1.165, 1.54) is 24.3 Å². The quantitative estimate of drug-likeness (QED) is 0.848. The second kappa shape index (κ2) is 5.86. The summed E-state index contributed by atoms with van der Waals surface area (Å²) in [4.78, 5) is 12.4. The number of alkyl halides is 2. The summed E-state index contributed by atoms with van der Waals surface area (Å²) in [6, 6.07) is 10.4. The number of fused-ring (bicyclic) bond motifs is 1. The second-order valence-electron chi connectivity index (χ2n) is 5.25. The van der Waals surface area contributed by atoms with Crippen molar-refractivity contribution >= 4 is 15.9 Å². The average Bonchev–Trinajstić information content (AvgIpc) is 2.70. The van der Waals surface area contributed by atoms with Crippen LogP contribution in [0.5, 0.6) is 5.75 Å². The summed E-state index contributed by atoms with van der Waals surface area (Å²) < 4.78 is 55.4. The van der Waals surface area contributed by atoms with E-state index in [4.69, 9.17) is 0 Å². The summed E-state index contributed by atoms with van der Waals surface area (Å²) in [6.45, 7) is -1.82. The van der Waals surface area contributed by atoms with Gasteiger partial charge >= 0.3 is 6.61 Å². The molecule has 0 N–H and O–H groups in total. The number of sulfonamides is 1. The standard InChI is InChI=1S/C16H13F2NO4S/c1-10-5-4-7-12-14(10)24(21,22)19(15(12)20)9-11-6-2-3-8-13(11)23-16(17)18/h2-8,16H,9H2,1H3. The minimum atomic E-state index is -4.03. The zero-order chi connectivity index (χ0) is 17.5. The summed E-state index contributed by atoms with van der Waals surface area (Å²) >= 11 is 0.